The lowest BCUT2D eigenvalue weighted by Crippen LogP contribution is -2.23. The molecule has 0 saturated heterocycles. The summed E-state index contributed by atoms with van der Waals surface area (Å²) in [5.41, 5.74) is 0. The first-order chi connectivity index (χ1) is 5.11. The molecule has 0 aromatic heterocycles. The van der Waals surface area contributed by atoms with Crippen molar-refractivity contribution in [1.29, 1.82) is 5.26 Å². The second kappa shape index (κ2) is 5.29. The molecule has 0 aromatic rings. The van der Waals surface area contributed by atoms with Gasteiger partial charge in [0.2, 0.25) is 6.10 Å². The standard InChI is InChI=1S/C5H7NO3S2/c6-1-3(2-7)9-4(8)5(10)11/h3,5,7,10-11H,2H2. The van der Waals surface area contributed by atoms with Gasteiger partial charge in [-0.1, -0.05) is 0 Å². The number of nitrogens with zero attached hydrogens (tertiary/aromatic N) is 1. The summed E-state index contributed by atoms with van der Waals surface area (Å²) in [5, 5.41) is 16.6. The highest BCUT2D eigenvalue weighted by molar-refractivity contribution is 8.00. The van der Waals surface area contributed by atoms with E-state index in [4.69, 9.17) is 10.4 Å². The van der Waals surface area contributed by atoms with E-state index in [-0.39, 0.29) is 0 Å². The van der Waals surface area contributed by atoms with Gasteiger partial charge in [0.25, 0.3) is 0 Å². The van der Waals surface area contributed by atoms with Gasteiger partial charge in [0.15, 0.2) is 0 Å². The minimum atomic E-state index is -1.12. The van der Waals surface area contributed by atoms with E-state index in [2.05, 4.69) is 30.0 Å². The summed E-state index contributed by atoms with van der Waals surface area (Å²) in [6.45, 7) is -0.517. The van der Waals surface area contributed by atoms with Crippen LogP contribution in [0, 0.1) is 11.3 Å². The van der Waals surface area contributed by atoms with Gasteiger partial charge in [0.05, 0.1) is 6.61 Å². The van der Waals surface area contributed by atoms with Crippen molar-refractivity contribution in [3.8, 4) is 6.07 Å². The van der Waals surface area contributed by atoms with Crippen LogP contribution in [0.4, 0.5) is 0 Å². The fourth-order valence-electron chi connectivity index (χ4n) is 0.306. The second-order valence-corrected chi connectivity index (χ2v) is 3.05. The molecule has 4 nitrogen and oxygen atoms in total. The predicted octanol–water partition coefficient (Wildman–Crippen LogP) is -0.400. The largest absolute Gasteiger partial charge is 0.443 e. The van der Waals surface area contributed by atoms with Crippen molar-refractivity contribution in [2.24, 2.45) is 0 Å². The third-order valence-corrected chi connectivity index (χ3v) is 1.20. The molecule has 0 aromatic carbocycles. The average Bonchev–Trinajstić information content (AvgIpc) is 1.99. The van der Waals surface area contributed by atoms with Crippen molar-refractivity contribution >= 4 is 31.2 Å². The molecule has 11 heavy (non-hydrogen) atoms. The molecule has 1 unspecified atom stereocenters. The van der Waals surface area contributed by atoms with Gasteiger partial charge in [-0.05, 0) is 0 Å². The zero-order valence-electron chi connectivity index (χ0n) is 5.47. The molecule has 0 aliphatic carbocycles. The smallest absolute Gasteiger partial charge is 0.330 e. The summed E-state index contributed by atoms with van der Waals surface area (Å²) in [5.74, 6) is -0.739. The minimum Gasteiger partial charge on any atom is -0.443 e. The maximum Gasteiger partial charge on any atom is 0.330 e. The number of thiol groups is 2. The van der Waals surface area contributed by atoms with Gasteiger partial charge in [-0.25, -0.2) is 4.79 Å². The maximum atomic E-state index is 10.6. The maximum absolute atomic E-state index is 10.6. The Balaban J connectivity index is 3.84. The van der Waals surface area contributed by atoms with Crippen LogP contribution in [-0.4, -0.2) is 28.4 Å². The van der Waals surface area contributed by atoms with Gasteiger partial charge >= 0.3 is 5.97 Å². The number of aliphatic hydroxyl groups is 1. The number of esters is 1. The van der Waals surface area contributed by atoms with Crippen LogP contribution in [0.25, 0.3) is 0 Å². The van der Waals surface area contributed by atoms with Crippen LogP contribution in [0.5, 0.6) is 0 Å². The Morgan fingerprint density at radius 2 is 2.27 bits per heavy atom. The van der Waals surface area contributed by atoms with E-state index < -0.39 is 23.3 Å². The summed E-state index contributed by atoms with van der Waals surface area (Å²) in [4.78, 5) is 10.6. The minimum absolute atomic E-state index is 0.517. The number of carbonyl (C=O) groups is 1. The summed E-state index contributed by atoms with van der Waals surface area (Å²) < 4.78 is 3.53. The molecule has 0 amide bonds. The van der Waals surface area contributed by atoms with E-state index in [1.807, 2.05) is 0 Å². The molecule has 1 N–H and O–H groups in total. The molecule has 62 valence electrons. The van der Waals surface area contributed by atoms with Gasteiger partial charge in [-0.15, -0.1) is 0 Å². The molecule has 1 atom stereocenters. The lowest BCUT2D eigenvalue weighted by molar-refractivity contribution is -0.145. The van der Waals surface area contributed by atoms with Crippen molar-refractivity contribution in [3.05, 3.63) is 0 Å². The number of carbonyl (C=O) groups excluding carboxylic acids is 1. The molecule has 0 radical (unpaired) electrons. The number of hydrogen-bond acceptors (Lipinski definition) is 6. The van der Waals surface area contributed by atoms with E-state index in [0.717, 1.165) is 0 Å². The normalized spacial score (nSPS) is 12.3. The monoisotopic (exact) mass is 193 g/mol. The van der Waals surface area contributed by atoms with Crippen LogP contribution in [0.3, 0.4) is 0 Å². The average molecular weight is 193 g/mol. The molecule has 0 heterocycles. The van der Waals surface area contributed by atoms with E-state index >= 15 is 0 Å². The molecule has 0 fully saturated rings. The van der Waals surface area contributed by atoms with Crippen LogP contribution < -0.4 is 0 Å². The molecule has 0 aliphatic heterocycles. The van der Waals surface area contributed by atoms with Gasteiger partial charge in [-0.2, -0.15) is 30.5 Å². The SMILES string of the molecule is N#CC(CO)OC(=O)C(S)S. The molecular weight excluding hydrogens is 186 g/mol. The molecule has 6 heteroatoms. The number of aliphatic hydroxyl groups excluding tert-OH is 1. The highest BCUT2D eigenvalue weighted by Crippen LogP contribution is 2.04. The Labute approximate surface area is 75.0 Å². The summed E-state index contributed by atoms with van der Waals surface area (Å²) in [6, 6.07) is 1.58. The fourth-order valence-corrected chi connectivity index (χ4v) is 0.427. The van der Waals surface area contributed by atoms with Gasteiger partial charge in [0, 0.05) is 0 Å². The molecule has 0 saturated carbocycles. The lowest BCUT2D eigenvalue weighted by Gasteiger charge is -2.08. The van der Waals surface area contributed by atoms with Crippen LogP contribution in [0.1, 0.15) is 0 Å². The second-order valence-electron chi connectivity index (χ2n) is 1.61. The van der Waals surface area contributed by atoms with Crippen molar-refractivity contribution in [1.82, 2.24) is 0 Å². The fraction of sp³-hybridized carbons (Fsp3) is 0.600. The summed E-state index contributed by atoms with van der Waals surface area (Å²) >= 11 is 7.29. The third-order valence-electron chi connectivity index (χ3n) is 0.779. The first-order valence-electron chi connectivity index (χ1n) is 2.69. The van der Waals surface area contributed by atoms with Gasteiger partial charge in [-0.3, -0.25) is 0 Å². The molecule has 0 rings (SSSR count). The van der Waals surface area contributed by atoms with E-state index in [9.17, 15) is 4.79 Å². The Morgan fingerprint density at radius 3 is 2.55 bits per heavy atom. The Hall–Kier alpha value is -0.380. The van der Waals surface area contributed by atoms with Crippen molar-refractivity contribution in [2.45, 2.75) is 10.7 Å². The molecule has 0 bridgehead atoms. The molecule has 0 aliphatic rings. The third kappa shape index (κ3) is 4.14. The highest BCUT2D eigenvalue weighted by Gasteiger charge is 2.16. The van der Waals surface area contributed by atoms with Crippen molar-refractivity contribution in [2.75, 3.05) is 6.61 Å². The van der Waals surface area contributed by atoms with Crippen LogP contribution >= 0.6 is 25.3 Å². The van der Waals surface area contributed by atoms with E-state index in [1.165, 1.54) is 0 Å². The van der Waals surface area contributed by atoms with Crippen molar-refractivity contribution < 1.29 is 14.6 Å². The number of ether oxygens (including phenoxy) is 1. The first-order valence-corrected chi connectivity index (χ1v) is 3.72. The molecular formula is C5H7NO3S2. The molecule has 0 spiro atoms. The predicted molar refractivity (Wildman–Crippen MR) is 44.3 cm³/mol. The van der Waals surface area contributed by atoms with Crippen LogP contribution in [0.2, 0.25) is 0 Å². The first kappa shape index (κ1) is 10.6. The zero-order valence-corrected chi connectivity index (χ0v) is 7.26. The van der Waals surface area contributed by atoms with E-state index in [1.54, 1.807) is 6.07 Å². The quantitative estimate of drug-likeness (QED) is 0.324. The number of hydrogen-bond donors (Lipinski definition) is 3. The number of rotatable bonds is 3. The highest BCUT2D eigenvalue weighted by atomic mass is 32.2. The zero-order chi connectivity index (χ0) is 8.85. The summed E-state index contributed by atoms with van der Waals surface area (Å²) in [7, 11) is 0. The Bertz CT molecular complexity index is 177. The summed E-state index contributed by atoms with van der Waals surface area (Å²) in [6.07, 6.45) is -1.12. The van der Waals surface area contributed by atoms with Gasteiger partial charge < -0.3 is 9.84 Å². The van der Waals surface area contributed by atoms with Gasteiger partial charge in [0.1, 0.15) is 10.7 Å². The van der Waals surface area contributed by atoms with E-state index in [0.29, 0.717) is 0 Å². The van der Waals surface area contributed by atoms with Crippen molar-refractivity contribution in [3.63, 3.8) is 0 Å². The topological polar surface area (TPSA) is 70.3 Å². The lowest BCUT2D eigenvalue weighted by atomic mass is 10.4. The Kier molecular flexibility index (Phi) is 5.11. The van der Waals surface area contributed by atoms with Crippen LogP contribution in [0.15, 0.2) is 0 Å². The Morgan fingerprint density at radius 1 is 1.73 bits per heavy atom. The number of nitriles is 1. The van der Waals surface area contributed by atoms with Crippen LogP contribution in [-0.2, 0) is 9.53 Å².